The summed E-state index contributed by atoms with van der Waals surface area (Å²) >= 11 is 0. The molecule has 0 saturated heterocycles. The largest absolute Gasteiger partial charge is 0.307 e. The quantitative estimate of drug-likeness (QED) is 0.809. The summed E-state index contributed by atoms with van der Waals surface area (Å²) in [6.45, 7) is 4.30. The lowest BCUT2D eigenvalue weighted by Crippen LogP contribution is -2.28. The van der Waals surface area contributed by atoms with Gasteiger partial charge >= 0.3 is 0 Å². The van der Waals surface area contributed by atoms with E-state index in [-0.39, 0.29) is 5.78 Å². The van der Waals surface area contributed by atoms with Gasteiger partial charge < -0.3 is 4.90 Å². The predicted molar refractivity (Wildman–Crippen MR) is 85.6 cm³/mol. The molecule has 0 bridgehead atoms. The van der Waals surface area contributed by atoms with Crippen molar-refractivity contribution in [2.75, 3.05) is 4.90 Å². The standard InChI is InChI=1S/C18H19N3O/c1-11-7-15-14(17(22)8-11)10-19-18(20-15)21-12(2)9-13-5-3-4-6-16(13)21/h3-6,10-12H,7-9H2,1-2H3/t11-,12+/m1/s1. The topological polar surface area (TPSA) is 46.1 Å². The Morgan fingerprint density at radius 3 is 2.82 bits per heavy atom. The van der Waals surface area contributed by atoms with Crippen LogP contribution >= 0.6 is 0 Å². The molecule has 22 heavy (non-hydrogen) atoms. The fourth-order valence-electron chi connectivity index (χ4n) is 3.61. The Labute approximate surface area is 130 Å². The normalized spacial score (nSPS) is 23.4. The molecule has 0 N–H and O–H groups in total. The third kappa shape index (κ3) is 2.02. The molecule has 1 aromatic heterocycles. The molecule has 1 aliphatic heterocycles. The SMILES string of the molecule is C[C@H]1CC(=O)c2cnc(N3c4ccccc4C[C@@H]3C)nc2C1. The Kier molecular flexibility index (Phi) is 2.99. The number of benzene rings is 1. The van der Waals surface area contributed by atoms with Gasteiger partial charge in [-0.3, -0.25) is 4.79 Å². The van der Waals surface area contributed by atoms with Crippen molar-refractivity contribution in [3.8, 4) is 0 Å². The second kappa shape index (κ2) is 4.90. The molecule has 0 spiro atoms. The molecular weight excluding hydrogens is 274 g/mol. The van der Waals surface area contributed by atoms with Crippen LogP contribution in [0, 0.1) is 5.92 Å². The number of anilines is 2. The van der Waals surface area contributed by atoms with Crippen molar-refractivity contribution in [2.24, 2.45) is 5.92 Å². The summed E-state index contributed by atoms with van der Waals surface area (Å²) in [6, 6.07) is 8.74. The van der Waals surface area contributed by atoms with Crippen LogP contribution in [0.4, 0.5) is 11.6 Å². The van der Waals surface area contributed by atoms with Gasteiger partial charge in [0.2, 0.25) is 5.95 Å². The molecular formula is C18H19N3O. The van der Waals surface area contributed by atoms with Crippen LogP contribution in [0.3, 0.4) is 0 Å². The van der Waals surface area contributed by atoms with E-state index in [1.807, 2.05) is 6.07 Å². The lowest BCUT2D eigenvalue weighted by atomic mass is 9.88. The molecule has 2 atom stereocenters. The van der Waals surface area contributed by atoms with Crippen LogP contribution in [-0.2, 0) is 12.8 Å². The number of carbonyl (C=O) groups is 1. The Morgan fingerprint density at radius 1 is 1.14 bits per heavy atom. The van der Waals surface area contributed by atoms with Crippen LogP contribution in [0.2, 0.25) is 0 Å². The van der Waals surface area contributed by atoms with Gasteiger partial charge in [0.05, 0.1) is 11.3 Å². The molecule has 2 heterocycles. The van der Waals surface area contributed by atoms with Crippen molar-refractivity contribution in [1.29, 1.82) is 0 Å². The lowest BCUT2D eigenvalue weighted by Gasteiger charge is -2.25. The van der Waals surface area contributed by atoms with Gasteiger partial charge in [0.1, 0.15) is 0 Å². The molecule has 0 amide bonds. The number of carbonyl (C=O) groups excluding carboxylic acids is 1. The Hall–Kier alpha value is -2.23. The van der Waals surface area contributed by atoms with Crippen LogP contribution in [-0.4, -0.2) is 21.8 Å². The number of fused-ring (bicyclic) bond motifs is 2. The third-order valence-corrected chi connectivity index (χ3v) is 4.65. The van der Waals surface area contributed by atoms with E-state index in [9.17, 15) is 4.79 Å². The molecule has 2 aliphatic rings. The van der Waals surface area contributed by atoms with Crippen molar-refractivity contribution in [2.45, 2.75) is 39.2 Å². The van der Waals surface area contributed by atoms with Gasteiger partial charge in [-0.15, -0.1) is 0 Å². The summed E-state index contributed by atoms with van der Waals surface area (Å²) in [7, 11) is 0. The van der Waals surface area contributed by atoms with E-state index in [0.717, 1.165) is 24.5 Å². The highest BCUT2D eigenvalue weighted by atomic mass is 16.1. The monoisotopic (exact) mass is 293 g/mol. The molecule has 1 aromatic carbocycles. The summed E-state index contributed by atoms with van der Waals surface area (Å²) in [6.07, 6.45) is 4.20. The number of ketones is 1. The third-order valence-electron chi connectivity index (χ3n) is 4.65. The molecule has 0 saturated carbocycles. The van der Waals surface area contributed by atoms with Gasteiger partial charge in [-0.25, -0.2) is 9.97 Å². The zero-order valence-corrected chi connectivity index (χ0v) is 12.9. The Morgan fingerprint density at radius 2 is 1.95 bits per heavy atom. The number of hydrogen-bond donors (Lipinski definition) is 0. The molecule has 4 nitrogen and oxygen atoms in total. The highest BCUT2D eigenvalue weighted by Crippen LogP contribution is 2.37. The van der Waals surface area contributed by atoms with E-state index < -0.39 is 0 Å². The molecule has 4 rings (SSSR count). The first kappa shape index (κ1) is 13.4. The maximum absolute atomic E-state index is 12.1. The van der Waals surface area contributed by atoms with Gasteiger partial charge in [-0.2, -0.15) is 0 Å². The summed E-state index contributed by atoms with van der Waals surface area (Å²) in [5.74, 6) is 1.26. The first-order chi connectivity index (χ1) is 10.6. The average molecular weight is 293 g/mol. The van der Waals surface area contributed by atoms with E-state index in [2.05, 4.69) is 41.9 Å². The van der Waals surface area contributed by atoms with Crippen molar-refractivity contribution >= 4 is 17.4 Å². The molecule has 0 radical (unpaired) electrons. The number of nitrogens with zero attached hydrogens (tertiary/aromatic N) is 3. The second-order valence-corrected chi connectivity index (χ2v) is 6.52. The fraction of sp³-hybridized carbons (Fsp3) is 0.389. The minimum Gasteiger partial charge on any atom is -0.307 e. The summed E-state index contributed by atoms with van der Waals surface area (Å²) in [5.41, 5.74) is 4.14. The number of rotatable bonds is 1. The van der Waals surface area contributed by atoms with Crippen LogP contribution in [0.25, 0.3) is 0 Å². The molecule has 1 aliphatic carbocycles. The summed E-state index contributed by atoms with van der Waals surface area (Å²) in [4.78, 5) is 23.5. The molecule has 4 heteroatoms. The number of para-hydroxylation sites is 1. The number of Topliss-reactive ketones (excluding diaryl/α,β-unsaturated/α-hetero) is 1. The minimum atomic E-state index is 0.176. The van der Waals surface area contributed by atoms with E-state index in [1.165, 1.54) is 11.3 Å². The van der Waals surface area contributed by atoms with E-state index in [4.69, 9.17) is 4.98 Å². The van der Waals surface area contributed by atoms with Crippen LogP contribution in [0.15, 0.2) is 30.5 Å². The van der Waals surface area contributed by atoms with Crippen molar-refractivity contribution in [3.63, 3.8) is 0 Å². The zero-order chi connectivity index (χ0) is 15.3. The van der Waals surface area contributed by atoms with Gasteiger partial charge in [0, 0.05) is 24.3 Å². The fourth-order valence-corrected chi connectivity index (χ4v) is 3.61. The molecule has 112 valence electrons. The zero-order valence-electron chi connectivity index (χ0n) is 12.9. The first-order valence-corrected chi connectivity index (χ1v) is 7.89. The van der Waals surface area contributed by atoms with Crippen molar-refractivity contribution in [1.82, 2.24) is 9.97 Å². The van der Waals surface area contributed by atoms with Crippen LogP contribution < -0.4 is 4.90 Å². The van der Waals surface area contributed by atoms with Gasteiger partial charge in [0.15, 0.2) is 5.78 Å². The average Bonchev–Trinajstić information content (AvgIpc) is 2.82. The maximum Gasteiger partial charge on any atom is 0.230 e. The Balaban J connectivity index is 1.78. The van der Waals surface area contributed by atoms with Gasteiger partial charge in [0.25, 0.3) is 0 Å². The maximum atomic E-state index is 12.1. The molecule has 0 unspecified atom stereocenters. The smallest absolute Gasteiger partial charge is 0.230 e. The van der Waals surface area contributed by atoms with Gasteiger partial charge in [-0.05, 0) is 37.3 Å². The van der Waals surface area contributed by atoms with Crippen LogP contribution in [0.5, 0.6) is 0 Å². The number of hydrogen-bond acceptors (Lipinski definition) is 4. The van der Waals surface area contributed by atoms with E-state index >= 15 is 0 Å². The van der Waals surface area contributed by atoms with Crippen LogP contribution in [0.1, 0.15) is 41.9 Å². The summed E-state index contributed by atoms with van der Waals surface area (Å²) in [5, 5.41) is 0. The lowest BCUT2D eigenvalue weighted by molar-refractivity contribution is 0.0951. The predicted octanol–water partition coefficient (Wildman–Crippen LogP) is 3.32. The van der Waals surface area contributed by atoms with E-state index in [1.54, 1.807) is 6.20 Å². The highest BCUT2D eigenvalue weighted by Gasteiger charge is 2.31. The summed E-state index contributed by atoms with van der Waals surface area (Å²) < 4.78 is 0. The van der Waals surface area contributed by atoms with E-state index in [0.29, 0.717) is 23.9 Å². The highest BCUT2D eigenvalue weighted by molar-refractivity contribution is 5.98. The van der Waals surface area contributed by atoms with Crippen molar-refractivity contribution in [3.05, 3.63) is 47.3 Å². The van der Waals surface area contributed by atoms with Crippen molar-refractivity contribution < 1.29 is 4.79 Å². The minimum absolute atomic E-state index is 0.176. The molecule has 0 fully saturated rings. The number of aromatic nitrogens is 2. The Bertz CT molecular complexity index is 756. The molecule has 2 aromatic rings. The second-order valence-electron chi connectivity index (χ2n) is 6.52. The van der Waals surface area contributed by atoms with Gasteiger partial charge in [-0.1, -0.05) is 25.1 Å². The first-order valence-electron chi connectivity index (χ1n) is 7.89.